The van der Waals surface area contributed by atoms with Gasteiger partial charge in [0.05, 0.1) is 12.1 Å². The summed E-state index contributed by atoms with van der Waals surface area (Å²) in [6.45, 7) is 4.45. The van der Waals surface area contributed by atoms with Gasteiger partial charge in [-0.2, -0.15) is 4.98 Å². The van der Waals surface area contributed by atoms with Crippen LogP contribution in [0.25, 0.3) is 33.6 Å². The van der Waals surface area contributed by atoms with Crippen molar-refractivity contribution < 1.29 is 14.4 Å². The molecule has 0 saturated heterocycles. The van der Waals surface area contributed by atoms with Crippen molar-refractivity contribution >= 4 is 40.1 Å². The molecule has 0 radical (unpaired) electrons. The highest BCUT2D eigenvalue weighted by molar-refractivity contribution is 7.99. The van der Waals surface area contributed by atoms with Crippen LogP contribution in [-0.4, -0.2) is 36.1 Å². The van der Waals surface area contributed by atoms with Crippen molar-refractivity contribution in [3.63, 3.8) is 0 Å². The van der Waals surface area contributed by atoms with Crippen molar-refractivity contribution in [1.29, 1.82) is 0 Å². The normalized spacial score (nSPS) is 11.7. The highest BCUT2D eigenvalue weighted by Gasteiger charge is 2.42. The Kier molecular flexibility index (Phi) is 9.16. The van der Waals surface area contributed by atoms with Crippen LogP contribution >= 0.6 is 23.1 Å². The minimum atomic E-state index is -1.14. The number of rotatable bonds is 11. The zero-order valence-corrected chi connectivity index (χ0v) is 30.6. The van der Waals surface area contributed by atoms with Crippen molar-refractivity contribution in [3.05, 3.63) is 182 Å². The molecule has 0 bridgehead atoms. The Bertz CT molecular complexity index is 2510. The maximum Gasteiger partial charge on any atom is 0.381 e. The molecule has 0 aliphatic rings. The van der Waals surface area contributed by atoms with Gasteiger partial charge in [0.25, 0.3) is 5.89 Å². The summed E-state index contributed by atoms with van der Waals surface area (Å²) in [5, 5.41) is 10.8. The number of aromatic carboxylic acids is 1. The van der Waals surface area contributed by atoms with Gasteiger partial charge in [0.1, 0.15) is 10.4 Å². The van der Waals surface area contributed by atoms with Crippen molar-refractivity contribution in [2.75, 3.05) is 5.75 Å². The number of carboxylic acid groups (broad SMARTS) is 1. The molecule has 0 aliphatic carbocycles. The maximum atomic E-state index is 14.2. The van der Waals surface area contributed by atoms with Crippen LogP contribution in [0.15, 0.2) is 154 Å². The standard InChI is InChI=1S/C43H34N4O4S2/c1-3-52-42-44-36-28(2)53-38(40(48)49)37(36)46(42)27-29-23-25-30(26-24-29)34-21-13-14-22-35(34)39-45-41(50)47(51-39)43(31-15-7-4-8-16-31,32-17-9-5-10-18-32)33-19-11-6-12-20-33/h4-26H,3,27H2,1-2H3,(H,48,49). The minimum Gasteiger partial charge on any atom is -0.477 e. The average molecular weight is 735 g/mol. The molecule has 0 aliphatic heterocycles. The Morgan fingerprint density at radius 1 is 0.774 bits per heavy atom. The molecule has 8 aromatic rings. The Morgan fingerprint density at radius 2 is 1.32 bits per heavy atom. The first-order valence-electron chi connectivity index (χ1n) is 17.2. The molecule has 10 heteroatoms. The zero-order chi connectivity index (χ0) is 36.5. The number of fused-ring (bicyclic) bond motifs is 1. The summed E-state index contributed by atoms with van der Waals surface area (Å²) < 4.78 is 10.0. The molecular formula is C43H34N4O4S2. The van der Waals surface area contributed by atoms with Gasteiger partial charge in [0.2, 0.25) is 0 Å². The number of thiophene rings is 1. The van der Waals surface area contributed by atoms with Crippen molar-refractivity contribution in [2.45, 2.75) is 31.1 Å². The first-order chi connectivity index (χ1) is 25.9. The Morgan fingerprint density at radius 3 is 1.87 bits per heavy atom. The molecule has 1 N–H and O–H groups in total. The molecule has 3 aromatic heterocycles. The summed E-state index contributed by atoms with van der Waals surface area (Å²) in [7, 11) is 0. The van der Waals surface area contributed by atoms with Crippen LogP contribution in [0.3, 0.4) is 0 Å². The third kappa shape index (κ3) is 5.99. The third-order valence-corrected chi connectivity index (χ3v) is 11.3. The molecule has 3 heterocycles. The number of thioether (sulfide) groups is 1. The van der Waals surface area contributed by atoms with Gasteiger partial charge in [-0.3, -0.25) is 0 Å². The molecule has 262 valence electrons. The molecule has 0 saturated carbocycles. The molecule has 5 aromatic carbocycles. The summed E-state index contributed by atoms with van der Waals surface area (Å²) >= 11 is 2.86. The van der Waals surface area contributed by atoms with E-state index in [0.717, 1.165) is 54.7 Å². The average Bonchev–Trinajstić information content (AvgIpc) is 3.86. The van der Waals surface area contributed by atoms with E-state index in [1.807, 2.05) is 151 Å². The number of aryl methyl sites for hydroxylation is 1. The fourth-order valence-electron chi connectivity index (χ4n) is 7.07. The lowest BCUT2D eigenvalue weighted by Gasteiger charge is -2.34. The van der Waals surface area contributed by atoms with Crippen LogP contribution in [0.2, 0.25) is 0 Å². The van der Waals surface area contributed by atoms with Gasteiger partial charge in [-0.15, -0.1) is 16.1 Å². The number of nitrogens with zero attached hydrogens (tertiary/aromatic N) is 4. The van der Waals surface area contributed by atoms with E-state index >= 15 is 0 Å². The minimum absolute atomic E-state index is 0.206. The lowest BCUT2D eigenvalue weighted by atomic mass is 9.77. The monoisotopic (exact) mass is 734 g/mol. The van der Waals surface area contributed by atoms with E-state index in [2.05, 4.69) is 11.9 Å². The fraction of sp³-hybridized carbons (Fsp3) is 0.116. The maximum absolute atomic E-state index is 14.2. The van der Waals surface area contributed by atoms with E-state index in [0.29, 0.717) is 22.5 Å². The summed E-state index contributed by atoms with van der Waals surface area (Å²) in [6, 6.07) is 45.6. The Hall–Kier alpha value is -5.97. The molecule has 8 rings (SSSR count). The van der Waals surface area contributed by atoms with E-state index in [4.69, 9.17) is 9.51 Å². The number of benzene rings is 5. The highest BCUT2D eigenvalue weighted by Crippen LogP contribution is 2.41. The predicted molar refractivity (Wildman–Crippen MR) is 211 cm³/mol. The van der Waals surface area contributed by atoms with E-state index in [9.17, 15) is 14.7 Å². The van der Waals surface area contributed by atoms with Gasteiger partial charge in [-0.05, 0) is 52.1 Å². The van der Waals surface area contributed by atoms with E-state index in [1.54, 1.807) is 11.8 Å². The summed E-state index contributed by atoms with van der Waals surface area (Å²) in [5.74, 6) is 0.0738. The topological polar surface area (TPSA) is 103 Å². The summed E-state index contributed by atoms with van der Waals surface area (Å²) in [5.41, 5.74) is 5.76. The SMILES string of the molecule is CCSc1nc2c(C)sc(C(=O)O)c2n1Cc1ccc(-c2ccccc2-c2nc(=O)n(C(c3ccccc3)(c3ccccc3)c3ccccc3)o2)cc1. The number of hydrogen-bond donors (Lipinski definition) is 1. The summed E-state index contributed by atoms with van der Waals surface area (Å²) in [6.07, 6.45) is 0. The second-order valence-electron chi connectivity index (χ2n) is 12.5. The van der Waals surface area contributed by atoms with Crippen LogP contribution in [0.1, 0.15) is 43.7 Å². The molecule has 53 heavy (non-hydrogen) atoms. The quantitative estimate of drug-likeness (QED) is 0.104. The molecule has 0 atom stereocenters. The lowest BCUT2D eigenvalue weighted by Crippen LogP contribution is -2.42. The van der Waals surface area contributed by atoms with Crippen LogP contribution in [0.4, 0.5) is 0 Å². The second-order valence-corrected chi connectivity index (χ2v) is 15.0. The first-order valence-corrected chi connectivity index (χ1v) is 19.0. The van der Waals surface area contributed by atoms with Crippen LogP contribution in [0.5, 0.6) is 0 Å². The van der Waals surface area contributed by atoms with E-state index < -0.39 is 17.2 Å². The van der Waals surface area contributed by atoms with Crippen molar-refractivity contribution in [1.82, 2.24) is 19.3 Å². The number of carbonyl (C=O) groups is 1. The van der Waals surface area contributed by atoms with Crippen molar-refractivity contribution in [2.24, 2.45) is 0 Å². The molecule has 0 amide bonds. The fourth-order valence-corrected chi connectivity index (χ4v) is 8.73. The largest absolute Gasteiger partial charge is 0.477 e. The lowest BCUT2D eigenvalue weighted by molar-refractivity contribution is 0.0703. The summed E-state index contributed by atoms with van der Waals surface area (Å²) in [4.78, 5) is 36.9. The Balaban J connectivity index is 1.21. The molecule has 8 nitrogen and oxygen atoms in total. The molecule has 0 spiro atoms. The molecular weight excluding hydrogens is 701 g/mol. The number of imidazole rings is 1. The van der Waals surface area contributed by atoms with Crippen LogP contribution in [0, 0.1) is 6.92 Å². The smallest absolute Gasteiger partial charge is 0.381 e. The van der Waals surface area contributed by atoms with Gasteiger partial charge in [0, 0.05) is 10.4 Å². The van der Waals surface area contributed by atoms with E-state index in [-0.39, 0.29) is 5.89 Å². The number of carboxylic acids is 1. The van der Waals surface area contributed by atoms with Gasteiger partial charge >= 0.3 is 11.7 Å². The molecule has 0 unspecified atom stereocenters. The van der Waals surface area contributed by atoms with Gasteiger partial charge < -0.3 is 14.2 Å². The highest BCUT2D eigenvalue weighted by atomic mass is 32.2. The number of hydrogen-bond acceptors (Lipinski definition) is 7. The predicted octanol–water partition coefficient (Wildman–Crippen LogP) is 9.59. The zero-order valence-electron chi connectivity index (χ0n) is 29.0. The third-order valence-electron chi connectivity index (χ3n) is 9.40. The van der Waals surface area contributed by atoms with Crippen LogP contribution < -0.4 is 5.69 Å². The van der Waals surface area contributed by atoms with Crippen molar-refractivity contribution in [3.8, 4) is 22.6 Å². The number of aromatic nitrogens is 4. The van der Waals surface area contributed by atoms with Gasteiger partial charge in [-0.25, -0.2) is 14.6 Å². The molecule has 0 fully saturated rings. The van der Waals surface area contributed by atoms with Gasteiger partial charge in [-0.1, -0.05) is 152 Å². The second kappa shape index (κ2) is 14.2. The Labute approximate surface area is 314 Å². The van der Waals surface area contributed by atoms with E-state index in [1.165, 1.54) is 16.1 Å². The first kappa shape index (κ1) is 34.1. The van der Waals surface area contributed by atoms with Gasteiger partial charge in [0.15, 0.2) is 10.7 Å². The van der Waals surface area contributed by atoms with Crippen LogP contribution in [-0.2, 0) is 12.1 Å².